The molecule has 1 fully saturated rings. The van der Waals surface area contributed by atoms with Crippen LogP contribution in [-0.2, 0) is 10.0 Å². The molecular weight excluding hydrogens is 482 g/mol. The van der Waals surface area contributed by atoms with Crippen LogP contribution in [0, 0.1) is 6.92 Å². The number of aromatic nitrogens is 3. The molecule has 0 radical (unpaired) electrons. The second-order valence-corrected chi connectivity index (χ2v) is 11.8. The predicted octanol–water partition coefficient (Wildman–Crippen LogP) is 5.00. The maximum absolute atomic E-state index is 13.1. The first kappa shape index (κ1) is 23.7. The zero-order valence-electron chi connectivity index (χ0n) is 19.6. The number of rotatable bonds is 6. The fourth-order valence-corrected chi connectivity index (χ4v) is 6.81. The minimum absolute atomic E-state index is 0.0303. The van der Waals surface area contributed by atoms with E-state index in [0.29, 0.717) is 16.5 Å². The standard InChI is InChI=1S/C25H27N5O3S2/c1-17-16-23(30(28-17)25-26-21-10-6-7-11-22(21)34-25)27-24(31)18-12-14-20(15-13-18)35(32,33)29(2)19-8-4-3-5-9-19/h6-7,10-16,19H,3-5,8-9H2,1-2H3,(H,27,31). The Morgan fingerprint density at radius 2 is 1.80 bits per heavy atom. The molecule has 1 aliphatic rings. The van der Waals surface area contributed by atoms with Gasteiger partial charge in [-0.15, -0.1) is 0 Å². The van der Waals surface area contributed by atoms with E-state index in [1.54, 1.807) is 29.9 Å². The highest BCUT2D eigenvalue weighted by Crippen LogP contribution is 2.28. The Bertz CT molecular complexity index is 1440. The molecule has 0 bridgehead atoms. The number of hydrogen-bond acceptors (Lipinski definition) is 6. The Kier molecular flexibility index (Phi) is 6.43. The number of carbonyl (C=O) groups is 1. The molecule has 0 aliphatic heterocycles. The van der Waals surface area contributed by atoms with Gasteiger partial charge in [-0.1, -0.05) is 42.7 Å². The van der Waals surface area contributed by atoms with Crippen molar-refractivity contribution in [3.05, 3.63) is 65.9 Å². The average Bonchev–Trinajstić information content (AvgIpc) is 3.47. The first-order valence-electron chi connectivity index (χ1n) is 11.6. The number of carbonyl (C=O) groups excluding carboxylic acids is 1. The summed E-state index contributed by atoms with van der Waals surface area (Å²) in [5.41, 5.74) is 1.97. The van der Waals surface area contributed by atoms with Gasteiger partial charge in [0.2, 0.25) is 15.2 Å². The Morgan fingerprint density at radius 1 is 1.09 bits per heavy atom. The largest absolute Gasteiger partial charge is 0.306 e. The van der Waals surface area contributed by atoms with Gasteiger partial charge in [0.05, 0.1) is 20.8 Å². The molecule has 0 saturated heterocycles. The first-order chi connectivity index (χ1) is 16.8. The van der Waals surface area contributed by atoms with Gasteiger partial charge in [0.15, 0.2) is 0 Å². The van der Waals surface area contributed by atoms with Gasteiger partial charge in [-0.3, -0.25) is 4.79 Å². The lowest BCUT2D eigenvalue weighted by molar-refractivity contribution is 0.102. The van der Waals surface area contributed by atoms with Crippen molar-refractivity contribution >= 4 is 43.3 Å². The summed E-state index contributed by atoms with van der Waals surface area (Å²) in [5, 5.41) is 8.04. The number of fused-ring (bicyclic) bond motifs is 1. The number of amides is 1. The number of benzene rings is 2. The third-order valence-electron chi connectivity index (χ3n) is 6.42. The van der Waals surface area contributed by atoms with Gasteiger partial charge in [0, 0.05) is 24.7 Å². The minimum atomic E-state index is -3.61. The van der Waals surface area contributed by atoms with E-state index in [9.17, 15) is 13.2 Å². The number of anilines is 1. The Balaban J connectivity index is 1.35. The van der Waals surface area contributed by atoms with Crippen molar-refractivity contribution in [3.8, 4) is 5.13 Å². The summed E-state index contributed by atoms with van der Waals surface area (Å²) < 4.78 is 30.3. The van der Waals surface area contributed by atoms with Crippen molar-refractivity contribution in [2.45, 2.75) is 50.0 Å². The molecule has 10 heteroatoms. The van der Waals surface area contributed by atoms with Crippen molar-refractivity contribution in [1.82, 2.24) is 19.1 Å². The van der Waals surface area contributed by atoms with E-state index in [2.05, 4.69) is 15.4 Å². The van der Waals surface area contributed by atoms with E-state index in [-0.39, 0.29) is 16.8 Å². The number of para-hydroxylation sites is 1. The topological polar surface area (TPSA) is 97.2 Å². The smallest absolute Gasteiger partial charge is 0.256 e. The lowest BCUT2D eigenvalue weighted by atomic mass is 9.96. The molecule has 2 aromatic heterocycles. The third-order valence-corrected chi connectivity index (χ3v) is 9.36. The van der Waals surface area contributed by atoms with E-state index < -0.39 is 10.0 Å². The summed E-state index contributed by atoms with van der Waals surface area (Å²) in [6.07, 6.45) is 5.04. The SMILES string of the molecule is Cc1cc(NC(=O)c2ccc(S(=O)(=O)N(C)C3CCCCC3)cc2)n(-c2nc3ccccc3s2)n1. The van der Waals surface area contributed by atoms with Crippen molar-refractivity contribution in [3.63, 3.8) is 0 Å². The van der Waals surface area contributed by atoms with Gasteiger partial charge in [0.25, 0.3) is 5.91 Å². The van der Waals surface area contributed by atoms with Crippen molar-refractivity contribution in [1.29, 1.82) is 0 Å². The normalized spacial score (nSPS) is 15.1. The highest BCUT2D eigenvalue weighted by Gasteiger charge is 2.29. The van der Waals surface area contributed by atoms with E-state index in [1.807, 2.05) is 31.2 Å². The number of sulfonamides is 1. The summed E-state index contributed by atoms with van der Waals surface area (Å²) in [6, 6.07) is 15.7. The van der Waals surface area contributed by atoms with Gasteiger partial charge in [-0.05, 0) is 56.2 Å². The molecule has 5 rings (SSSR count). The van der Waals surface area contributed by atoms with Crippen LogP contribution in [0.5, 0.6) is 0 Å². The summed E-state index contributed by atoms with van der Waals surface area (Å²) in [4.78, 5) is 17.8. The molecule has 35 heavy (non-hydrogen) atoms. The molecule has 0 atom stereocenters. The molecule has 2 aromatic carbocycles. The Hall–Kier alpha value is -3.08. The molecule has 182 valence electrons. The van der Waals surface area contributed by atoms with Crippen LogP contribution in [0.25, 0.3) is 15.3 Å². The van der Waals surface area contributed by atoms with Crippen LogP contribution in [-0.4, -0.2) is 46.5 Å². The summed E-state index contributed by atoms with van der Waals surface area (Å²) in [6.45, 7) is 1.85. The summed E-state index contributed by atoms with van der Waals surface area (Å²) >= 11 is 1.49. The molecule has 2 heterocycles. The monoisotopic (exact) mass is 509 g/mol. The van der Waals surface area contributed by atoms with E-state index in [0.717, 1.165) is 48.0 Å². The van der Waals surface area contributed by atoms with E-state index in [1.165, 1.54) is 27.8 Å². The zero-order valence-corrected chi connectivity index (χ0v) is 21.3. The van der Waals surface area contributed by atoms with E-state index >= 15 is 0 Å². The lowest BCUT2D eigenvalue weighted by Gasteiger charge is -2.30. The molecule has 4 aromatic rings. The van der Waals surface area contributed by atoms with E-state index in [4.69, 9.17) is 0 Å². The molecule has 8 nitrogen and oxygen atoms in total. The van der Waals surface area contributed by atoms with Crippen LogP contribution in [0.1, 0.15) is 48.2 Å². The zero-order chi connectivity index (χ0) is 24.6. The van der Waals surface area contributed by atoms with Gasteiger partial charge in [-0.25, -0.2) is 13.4 Å². The highest BCUT2D eigenvalue weighted by atomic mass is 32.2. The lowest BCUT2D eigenvalue weighted by Crippen LogP contribution is -2.38. The summed E-state index contributed by atoms with van der Waals surface area (Å²) in [7, 11) is -1.96. The van der Waals surface area contributed by atoms with Gasteiger partial charge >= 0.3 is 0 Å². The second-order valence-electron chi connectivity index (χ2n) is 8.84. The maximum atomic E-state index is 13.1. The Morgan fingerprint density at radius 3 is 2.51 bits per heavy atom. The second kappa shape index (κ2) is 9.52. The fraction of sp³-hybridized carbons (Fsp3) is 0.320. The molecule has 1 saturated carbocycles. The number of hydrogen-bond donors (Lipinski definition) is 1. The molecule has 0 spiro atoms. The van der Waals surface area contributed by atoms with Crippen LogP contribution in [0.2, 0.25) is 0 Å². The first-order valence-corrected chi connectivity index (χ1v) is 13.9. The van der Waals surface area contributed by atoms with Crippen LogP contribution in [0.15, 0.2) is 59.5 Å². The number of thiazole rings is 1. The molecular formula is C25H27N5O3S2. The quantitative estimate of drug-likeness (QED) is 0.395. The molecule has 1 amide bonds. The number of aryl methyl sites for hydroxylation is 1. The molecule has 1 aliphatic carbocycles. The molecule has 0 unspecified atom stereocenters. The highest BCUT2D eigenvalue weighted by molar-refractivity contribution is 7.89. The van der Waals surface area contributed by atoms with Gasteiger partial charge in [-0.2, -0.15) is 14.1 Å². The fourth-order valence-electron chi connectivity index (χ4n) is 4.46. The molecule has 1 N–H and O–H groups in total. The van der Waals surface area contributed by atoms with Crippen LogP contribution in [0.3, 0.4) is 0 Å². The Labute approximate surface area is 208 Å². The maximum Gasteiger partial charge on any atom is 0.256 e. The van der Waals surface area contributed by atoms with Crippen LogP contribution < -0.4 is 5.32 Å². The van der Waals surface area contributed by atoms with Crippen LogP contribution in [0.4, 0.5) is 5.82 Å². The average molecular weight is 510 g/mol. The number of nitrogens with zero attached hydrogens (tertiary/aromatic N) is 4. The predicted molar refractivity (Wildman–Crippen MR) is 138 cm³/mol. The third kappa shape index (κ3) is 4.73. The van der Waals surface area contributed by atoms with Gasteiger partial charge < -0.3 is 5.32 Å². The van der Waals surface area contributed by atoms with Crippen molar-refractivity contribution in [2.75, 3.05) is 12.4 Å². The summed E-state index contributed by atoms with van der Waals surface area (Å²) in [5.74, 6) is 0.150. The van der Waals surface area contributed by atoms with Crippen molar-refractivity contribution in [2.24, 2.45) is 0 Å². The minimum Gasteiger partial charge on any atom is -0.306 e. The van der Waals surface area contributed by atoms with Crippen LogP contribution >= 0.6 is 11.3 Å². The number of nitrogens with one attached hydrogen (secondary N) is 1. The van der Waals surface area contributed by atoms with Gasteiger partial charge in [0.1, 0.15) is 5.82 Å². The van der Waals surface area contributed by atoms with Crippen molar-refractivity contribution < 1.29 is 13.2 Å².